The van der Waals surface area contributed by atoms with Gasteiger partial charge in [0.1, 0.15) is 0 Å². The van der Waals surface area contributed by atoms with E-state index in [4.69, 9.17) is 4.74 Å². The third kappa shape index (κ3) is 3.44. The average molecular weight is 255 g/mol. The van der Waals surface area contributed by atoms with Crippen molar-refractivity contribution in [2.75, 3.05) is 53.0 Å². The molecular weight excluding hydrogens is 226 g/mol. The van der Waals surface area contributed by atoms with Crippen molar-refractivity contribution in [3.05, 3.63) is 0 Å². The van der Waals surface area contributed by atoms with Crippen LogP contribution in [0.5, 0.6) is 0 Å². The smallest absolute Gasteiger partial charge is 0.0589 e. The fourth-order valence-electron chi connectivity index (χ4n) is 3.34. The number of nitrogens with one attached hydrogen (secondary N) is 1. The predicted octanol–water partition coefficient (Wildman–Crippen LogP) is 0.781. The maximum atomic E-state index is 5.16. The van der Waals surface area contributed by atoms with Crippen molar-refractivity contribution in [1.82, 2.24) is 15.1 Å². The maximum Gasteiger partial charge on any atom is 0.0589 e. The molecule has 0 aromatic heterocycles. The predicted molar refractivity (Wildman–Crippen MR) is 75.0 cm³/mol. The van der Waals surface area contributed by atoms with Crippen LogP contribution in [0.15, 0.2) is 0 Å². The van der Waals surface area contributed by atoms with Gasteiger partial charge < -0.3 is 10.1 Å². The van der Waals surface area contributed by atoms with Crippen molar-refractivity contribution < 1.29 is 4.74 Å². The van der Waals surface area contributed by atoms with E-state index in [1.807, 2.05) is 0 Å². The lowest BCUT2D eigenvalue weighted by atomic mass is 9.85. The molecule has 0 aromatic carbocycles. The van der Waals surface area contributed by atoms with E-state index in [9.17, 15) is 0 Å². The molecule has 1 N–H and O–H groups in total. The van der Waals surface area contributed by atoms with Crippen LogP contribution in [0.3, 0.4) is 0 Å². The normalized spacial score (nSPS) is 30.5. The highest BCUT2D eigenvalue weighted by molar-refractivity contribution is 4.97. The monoisotopic (exact) mass is 255 g/mol. The minimum Gasteiger partial charge on any atom is -0.383 e. The third-order valence-electron chi connectivity index (χ3n) is 4.53. The first-order chi connectivity index (χ1) is 8.63. The molecule has 0 spiro atoms. The number of piperidine rings is 1. The van der Waals surface area contributed by atoms with Crippen molar-refractivity contribution in [3.63, 3.8) is 0 Å². The summed E-state index contributed by atoms with van der Waals surface area (Å²) in [5.74, 6) is 0. The van der Waals surface area contributed by atoms with Gasteiger partial charge in [-0.3, -0.25) is 9.80 Å². The van der Waals surface area contributed by atoms with Crippen LogP contribution in [0.1, 0.15) is 26.7 Å². The molecule has 0 amide bonds. The van der Waals surface area contributed by atoms with Crippen LogP contribution in [0, 0.1) is 0 Å². The molecular formula is C14H29N3O. The molecule has 2 heterocycles. The Morgan fingerprint density at radius 1 is 1.22 bits per heavy atom. The summed E-state index contributed by atoms with van der Waals surface area (Å²) in [5.41, 5.74) is 0.271. The van der Waals surface area contributed by atoms with Crippen LogP contribution in [0.2, 0.25) is 0 Å². The van der Waals surface area contributed by atoms with Gasteiger partial charge in [0.2, 0.25) is 0 Å². The number of nitrogens with zero attached hydrogens (tertiary/aromatic N) is 2. The Balaban J connectivity index is 1.81. The van der Waals surface area contributed by atoms with Crippen LogP contribution in [-0.4, -0.2) is 74.4 Å². The quantitative estimate of drug-likeness (QED) is 0.803. The molecule has 0 aliphatic carbocycles. The molecule has 106 valence electrons. The van der Waals surface area contributed by atoms with Gasteiger partial charge in [0.25, 0.3) is 0 Å². The molecule has 4 heteroatoms. The van der Waals surface area contributed by atoms with Crippen LogP contribution in [-0.2, 0) is 4.74 Å². The lowest BCUT2D eigenvalue weighted by Gasteiger charge is -2.48. The Kier molecular flexibility index (Phi) is 5.01. The average Bonchev–Trinajstić information content (AvgIpc) is 2.37. The molecule has 2 fully saturated rings. The standard InChI is InChI=1S/C14H29N3O/c1-14(2)13(5-4-6-15-14)17-9-7-16(8-10-17)11-12-18-3/h13,15H,4-12H2,1-3H3. The van der Waals surface area contributed by atoms with Crippen LogP contribution in [0.4, 0.5) is 0 Å². The Labute approximate surface area is 112 Å². The highest BCUT2D eigenvalue weighted by atomic mass is 16.5. The second kappa shape index (κ2) is 6.33. The zero-order valence-corrected chi connectivity index (χ0v) is 12.2. The van der Waals surface area contributed by atoms with Crippen LogP contribution >= 0.6 is 0 Å². The number of piperazine rings is 1. The van der Waals surface area contributed by atoms with E-state index in [0.29, 0.717) is 6.04 Å². The minimum atomic E-state index is 0.271. The lowest BCUT2D eigenvalue weighted by Crippen LogP contribution is -2.63. The van der Waals surface area contributed by atoms with E-state index in [-0.39, 0.29) is 5.54 Å². The van der Waals surface area contributed by atoms with E-state index in [1.165, 1.54) is 45.6 Å². The van der Waals surface area contributed by atoms with Crippen LogP contribution in [0.25, 0.3) is 0 Å². The topological polar surface area (TPSA) is 27.7 Å². The molecule has 18 heavy (non-hydrogen) atoms. The largest absolute Gasteiger partial charge is 0.383 e. The fraction of sp³-hybridized carbons (Fsp3) is 1.00. The summed E-state index contributed by atoms with van der Waals surface area (Å²) in [6.07, 6.45) is 2.66. The molecule has 0 saturated carbocycles. The zero-order valence-electron chi connectivity index (χ0n) is 12.2. The first kappa shape index (κ1) is 14.3. The number of methoxy groups -OCH3 is 1. The third-order valence-corrected chi connectivity index (χ3v) is 4.53. The van der Waals surface area contributed by atoms with Crippen molar-refractivity contribution in [3.8, 4) is 0 Å². The molecule has 0 bridgehead atoms. The lowest BCUT2D eigenvalue weighted by molar-refractivity contribution is 0.0310. The summed E-state index contributed by atoms with van der Waals surface area (Å²) in [4.78, 5) is 5.21. The molecule has 1 unspecified atom stereocenters. The zero-order chi connectivity index (χ0) is 13.0. The van der Waals surface area contributed by atoms with Crippen molar-refractivity contribution in [2.24, 2.45) is 0 Å². The number of hydrogen-bond acceptors (Lipinski definition) is 4. The van der Waals surface area contributed by atoms with Gasteiger partial charge in [-0.15, -0.1) is 0 Å². The van der Waals surface area contributed by atoms with Gasteiger partial charge in [0.15, 0.2) is 0 Å². The van der Waals surface area contributed by atoms with E-state index in [0.717, 1.165) is 13.2 Å². The Morgan fingerprint density at radius 3 is 2.56 bits per heavy atom. The Hall–Kier alpha value is -0.160. The first-order valence-electron chi connectivity index (χ1n) is 7.34. The second-order valence-corrected chi connectivity index (χ2v) is 6.18. The molecule has 2 rings (SSSR count). The maximum absolute atomic E-state index is 5.16. The second-order valence-electron chi connectivity index (χ2n) is 6.18. The minimum absolute atomic E-state index is 0.271. The summed E-state index contributed by atoms with van der Waals surface area (Å²) in [6, 6.07) is 0.704. The van der Waals surface area contributed by atoms with Gasteiger partial charge in [-0.25, -0.2) is 0 Å². The molecule has 2 aliphatic heterocycles. The molecule has 0 radical (unpaired) electrons. The molecule has 2 aliphatic rings. The van der Waals surface area contributed by atoms with Crippen molar-refractivity contribution in [2.45, 2.75) is 38.3 Å². The number of ether oxygens (including phenoxy) is 1. The Morgan fingerprint density at radius 2 is 1.94 bits per heavy atom. The highest BCUT2D eigenvalue weighted by Crippen LogP contribution is 2.25. The summed E-state index contributed by atoms with van der Waals surface area (Å²) in [6.45, 7) is 12.6. The van der Waals surface area contributed by atoms with Gasteiger partial charge in [-0.05, 0) is 33.2 Å². The highest BCUT2D eigenvalue weighted by Gasteiger charge is 2.36. The number of rotatable bonds is 4. The molecule has 1 atom stereocenters. The van der Waals surface area contributed by atoms with E-state index >= 15 is 0 Å². The van der Waals surface area contributed by atoms with Crippen molar-refractivity contribution >= 4 is 0 Å². The summed E-state index contributed by atoms with van der Waals surface area (Å²) >= 11 is 0. The van der Waals surface area contributed by atoms with E-state index in [1.54, 1.807) is 7.11 Å². The summed E-state index contributed by atoms with van der Waals surface area (Å²) in [5, 5.41) is 3.68. The van der Waals surface area contributed by atoms with Gasteiger partial charge in [-0.2, -0.15) is 0 Å². The number of hydrogen-bond donors (Lipinski definition) is 1. The molecule has 0 aromatic rings. The van der Waals surface area contributed by atoms with E-state index in [2.05, 4.69) is 29.0 Å². The van der Waals surface area contributed by atoms with E-state index < -0.39 is 0 Å². The van der Waals surface area contributed by atoms with Gasteiger partial charge in [0, 0.05) is 51.4 Å². The van der Waals surface area contributed by atoms with Gasteiger partial charge >= 0.3 is 0 Å². The summed E-state index contributed by atoms with van der Waals surface area (Å²) in [7, 11) is 1.78. The molecule has 2 saturated heterocycles. The van der Waals surface area contributed by atoms with Gasteiger partial charge in [-0.1, -0.05) is 0 Å². The fourth-order valence-corrected chi connectivity index (χ4v) is 3.34. The molecule has 4 nitrogen and oxygen atoms in total. The Bertz CT molecular complexity index is 249. The van der Waals surface area contributed by atoms with Crippen LogP contribution < -0.4 is 5.32 Å². The summed E-state index contributed by atoms with van der Waals surface area (Å²) < 4.78 is 5.16. The first-order valence-corrected chi connectivity index (χ1v) is 7.34. The van der Waals surface area contributed by atoms with Crippen molar-refractivity contribution in [1.29, 1.82) is 0 Å². The SMILES string of the molecule is COCCN1CCN(C2CCCNC2(C)C)CC1. The van der Waals surface area contributed by atoms with Gasteiger partial charge in [0.05, 0.1) is 6.61 Å².